The van der Waals surface area contributed by atoms with Crippen LogP contribution in [0.4, 0.5) is 11.4 Å². The van der Waals surface area contributed by atoms with Gasteiger partial charge in [-0.15, -0.1) is 0 Å². The molecular formula is C19H21N3O6S. The van der Waals surface area contributed by atoms with Gasteiger partial charge in [0, 0.05) is 19.2 Å². The minimum absolute atomic E-state index is 0.00103. The van der Waals surface area contributed by atoms with Crippen LogP contribution in [0.3, 0.4) is 0 Å². The Bertz CT molecular complexity index is 1060. The van der Waals surface area contributed by atoms with E-state index >= 15 is 0 Å². The fraction of sp³-hybridized carbons (Fsp3) is 0.316. The van der Waals surface area contributed by atoms with Gasteiger partial charge in [-0.3, -0.25) is 14.9 Å². The van der Waals surface area contributed by atoms with Crippen LogP contribution in [0.5, 0.6) is 5.75 Å². The van der Waals surface area contributed by atoms with E-state index in [0.29, 0.717) is 18.7 Å². The van der Waals surface area contributed by atoms with E-state index in [4.69, 9.17) is 4.74 Å². The number of nitro groups is 1. The Balaban J connectivity index is 1.96. The van der Waals surface area contributed by atoms with Crippen LogP contribution in [-0.4, -0.2) is 43.8 Å². The van der Waals surface area contributed by atoms with E-state index in [-0.39, 0.29) is 27.6 Å². The lowest BCUT2D eigenvalue weighted by atomic mass is 10.1. The van der Waals surface area contributed by atoms with Crippen molar-refractivity contribution in [1.82, 2.24) is 4.31 Å². The predicted octanol–water partition coefficient (Wildman–Crippen LogP) is 2.95. The molecule has 0 bridgehead atoms. The quantitative estimate of drug-likeness (QED) is 0.568. The Labute approximate surface area is 168 Å². The summed E-state index contributed by atoms with van der Waals surface area (Å²) >= 11 is 0. The zero-order chi connectivity index (χ0) is 21.2. The number of carbonyl (C=O) groups excluding carboxylic acids is 1. The number of rotatable bonds is 6. The van der Waals surface area contributed by atoms with Crippen molar-refractivity contribution in [2.24, 2.45) is 0 Å². The molecular weight excluding hydrogens is 398 g/mol. The third-order valence-corrected chi connectivity index (χ3v) is 6.76. The van der Waals surface area contributed by atoms with Crippen LogP contribution in [0.1, 0.15) is 28.8 Å². The number of hydrogen-bond donors (Lipinski definition) is 1. The molecule has 0 saturated carbocycles. The molecule has 1 heterocycles. The third kappa shape index (κ3) is 4.08. The number of methoxy groups -OCH3 is 1. The highest BCUT2D eigenvalue weighted by molar-refractivity contribution is 7.89. The predicted molar refractivity (Wildman–Crippen MR) is 107 cm³/mol. The van der Waals surface area contributed by atoms with E-state index in [1.807, 2.05) is 0 Å². The molecule has 1 aliphatic rings. The monoisotopic (exact) mass is 419 g/mol. The number of sulfonamides is 1. The van der Waals surface area contributed by atoms with Crippen molar-refractivity contribution in [3.05, 3.63) is 57.6 Å². The topological polar surface area (TPSA) is 119 Å². The molecule has 10 heteroatoms. The molecule has 2 aromatic carbocycles. The number of carbonyl (C=O) groups is 1. The summed E-state index contributed by atoms with van der Waals surface area (Å²) in [6.07, 6.45) is 1.60. The van der Waals surface area contributed by atoms with Crippen molar-refractivity contribution in [1.29, 1.82) is 0 Å². The van der Waals surface area contributed by atoms with Crippen molar-refractivity contribution in [3.63, 3.8) is 0 Å². The highest BCUT2D eigenvalue weighted by Gasteiger charge is 2.29. The summed E-state index contributed by atoms with van der Waals surface area (Å²) in [5, 5.41) is 13.7. The molecule has 0 atom stereocenters. The van der Waals surface area contributed by atoms with Crippen LogP contribution < -0.4 is 10.1 Å². The maximum atomic E-state index is 12.9. The van der Waals surface area contributed by atoms with E-state index in [1.165, 1.54) is 54.7 Å². The second-order valence-electron chi connectivity index (χ2n) is 6.63. The van der Waals surface area contributed by atoms with Crippen molar-refractivity contribution in [3.8, 4) is 5.75 Å². The summed E-state index contributed by atoms with van der Waals surface area (Å²) in [6.45, 7) is 2.42. The minimum atomic E-state index is -3.71. The van der Waals surface area contributed by atoms with Gasteiger partial charge in [0.15, 0.2) is 0 Å². The molecule has 0 spiro atoms. The van der Waals surface area contributed by atoms with Crippen LogP contribution in [-0.2, 0) is 10.0 Å². The molecule has 3 rings (SSSR count). The first-order valence-corrected chi connectivity index (χ1v) is 10.4. The third-order valence-electron chi connectivity index (χ3n) is 4.87. The Hall–Kier alpha value is -2.98. The average Bonchev–Trinajstić information content (AvgIpc) is 3.24. The first-order valence-electron chi connectivity index (χ1n) is 8.99. The molecule has 29 heavy (non-hydrogen) atoms. The second-order valence-corrected chi connectivity index (χ2v) is 8.57. The van der Waals surface area contributed by atoms with E-state index in [1.54, 1.807) is 0 Å². The first-order chi connectivity index (χ1) is 13.8. The Morgan fingerprint density at radius 3 is 2.52 bits per heavy atom. The van der Waals surface area contributed by atoms with Crippen molar-refractivity contribution < 1.29 is 22.9 Å². The molecule has 1 aliphatic heterocycles. The van der Waals surface area contributed by atoms with Gasteiger partial charge >= 0.3 is 0 Å². The Morgan fingerprint density at radius 2 is 1.90 bits per heavy atom. The Kier molecular flexibility index (Phi) is 5.85. The van der Waals surface area contributed by atoms with E-state index in [0.717, 1.165) is 12.8 Å². The zero-order valence-corrected chi connectivity index (χ0v) is 16.9. The minimum Gasteiger partial charge on any atom is -0.496 e. The number of hydrogen-bond acceptors (Lipinski definition) is 6. The molecule has 1 N–H and O–H groups in total. The summed E-state index contributed by atoms with van der Waals surface area (Å²) in [7, 11) is -2.34. The lowest BCUT2D eigenvalue weighted by molar-refractivity contribution is -0.385. The maximum absolute atomic E-state index is 12.9. The number of nitro benzene ring substituents is 1. The Morgan fingerprint density at radius 1 is 1.21 bits per heavy atom. The van der Waals surface area contributed by atoms with Crippen molar-refractivity contribution in [2.75, 3.05) is 25.5 Å². The normalized spacial score (nSPS) is 14.6. The molecule has 0 aliphatic carbocycles. The summed E-state index contributed by atoms with van der Waals surface area (Å²) in [5.74, 6) is -0.421. The van der Waals surface area contributed by atoms with Gasteiger partial charge in [-0.05, 0) is 44.0 Å². The molecule has 1 saturated heterocycles. The number of ether oxygens (including phenoxy) is 1. The van der Waals surface area contributed by atoms with E-state index in [9.17, 15) is 23.3 Å². The maximum Gasteiger partial charge on any atom is 0.274 e. The van der Waals surface area contributed by atoms with Gasteiger partial charge in [0.05, 0.1) is 33.7 Å². The summed E-state index contributed by atoms with van der Waals surface area (Å²) in [4.78, 5) is 23.4. The van der Waals surface area contributed by atoms with E-state index in [2.05, 4.69) is 5.32 Å². The van der Waals surface area contributed by atoms with Gasteiger partial charge in [-0.1, -0.05) is 6.07 Å². The molecule has 0 radical (unpaired) electrons. The lowest BCUT2D eigenvalue weighted by Gasteiger charge is -2.17. The van der Waals surface area contributed by atoms with Gasteiger partial charge in [0.2, 0.25) is 10.0 Å². The molecule has 0 unspecified atom stereocenters. The molecule has 0 aromatic heterocycles. The average molecular weight is 419 g/mol. The zero-order valence-electron chi connectivity index (χ0n) is 16.0. The fourth-order valence-corrected chi connectivity index (χ4v) is 4.79. The van der Waals surface area contributed by atoms with Gasteiger partial charge < -0.3 is 10.1 Å². The van der Waals surface area contributed by atoms with Crippen LogP contribution >= 0.6 is 0 Å². The fourth-order valence-electron chi connectivity index (χ4n) is 3.25. The molecule has 154 valence electrons. The van der Waals surface area contributed by atoms with Crippen molar-refractivity contribution >= 4 is 27.3 Å². The molecule has 9 nitrogen and oxygen atoms in total. The summed E-state index contributed by atoms with van der Waals surface area (Å²) < 4.78 is 32.2. The smallest absolute Gasteiger partial charge is 0.274 e. The largest absolute Gasteiger partial charge is 0.496 e. The van der Waals surface area contributed by atoms with Gasteiger partial charge in [-0.2, -0.15) is 4.31 Å². The first kappa shape index (κ1) is 20.7. The van der Waals surface area contributed by atoms with Gasteiger partial charge in [0.25, 0.3) is 11.6 Å². The molecule has 1 fully saturated rings. The van der Waals surface area contributed by atoms with Crippen molar-refractivity contribution in [2.45, 2.75) is 24.7 Å². The summed E-state index contributed by atoms with van der Waals surface area (Å²) in [6, 6.07) is 8.45. The highest BCUT2D eigenvalue weighted by Crippen LogP contribution is 2.29. The SMILES string of the molecule is COc1ccc(S(=O)(=O)N2CCCC2)cc1C(=O)Nc1cccc([N+](=O)[O-])c1C. The molecule has 1 amide bonds. The molecule has 2 aromatic rings. The van der Waals surface area contributed by atoms with Crippen LogP contribution in [0.25, 0.3) is 0 Å². The van der Waals surface area contributed by atoms with Gasteiger partial charge in [0.1, 0.15) is 5.75 Å². The van der Waals surface area contributed by atoms with Gasteiger partial charge in [-0.25, -0.2) is 8.42 Å². The van der Waals surface area contributed by atoms with Crippen LogP contribution in [0, 0.1) is 17.0 Å². The number of anilines is 1. The van der Waals surface area contributed by atoms with Crippen LogP contribution in [0.15, 0.2) is 41.3 Å². The number of benzene rings is 2. The van der Waals surface area contributed by atoms with Crippen LogP contribution in [0.2, 0.25) is 0 Å². The standard InChI is InChI=1S/C19H21N3O6S/c1-13-16(6-5-7-17(13)22(24)25)20-19(23)15-12-14(8-9-18(15)28-2)29(26,27)21-10-3-4-11-21/h5-9,12H,3-4,10-11H2,1-2H3,(H,20,23). The number of nitrogens with zero attached hydrogens (tertiary/aromatic N) is 2. The van der Waals surface area contributed by atoms with E-state index < -0.39 is 20.9 Å². The summed E-state index contributed by atoms with van der Waals surface area (Å²) in [5.41, 5.74) is 0.462. The lowest BCUT2D eigenvalue weighted by Crippen LogP contribution is -2.28. The highest BCUT2D eigenvalue weighted by atomic mass is 32.2. The number of amides is 1. The second kappa shape index (κ2) is 8.18. The number of nitrogens with one attached hydrogen (secondary N) is 1.